The number of piperidine rings is 1. The summed E-state index contributed by atoms with van der Waals surface area (Å²) in [6.45, 7) is 10.9. The van der Waals surface area contributed by atoms with Gasteiger partial charge >= 0.3 is 6.03 Å². The fourth-order valence-electron chi connectivity index (χ4n) is 5.92. The number of nitrogens with zero attached hydrogens (tertiary/aromatic N) is 4. The SMILES string of the molecule is Cc1ccc(-n2nc(C(C)(C)C)cc2NC(=O)Nc2ccc(C3CCN(Cc4cc[nH]c(=O)c4)CC3)c3ccccc23)cn1. The van der Waals surface area contributed by atoms with Gasteiger partial charge in [-0.2, -0.15) is 5.10 Å². The molecule has 226 valence electrons. The van der Waals surface area contributed by atoms with E-state index in [9.17, 15) is 9.59 Å². The van der Waals surface area contributed by atoms with E-state index in [1.165, 1.54) is 5.56 Å². The molecule has 5 aromatic rings. The highest BCUT2D eigenvalue weighted by molar-refractivity contribution is 6.06. The first-order chi connectivity index (χ1) is 21.1. The monoisotopic (exact) mass is 589 g/mol. The maximum atomic E-state index is 13.4. The number of hydrogen-bond donors (Lipinski definition) is 3. The normalized spacial score (nSPS) is 14.5. The van der Waals surface area contributed by atoms with E-state index in [-0.39, 0.29) is 17.0 Å². The van der Waals surface area contributed by atoms with Gasteiger partial charge in [-0.25, -0.2) is 9.48 Å². The topological polar surface area (TPSA) is 108 Å². The van der Waals surface area contributed by atoms with Gasteiger partial charge in [0.25, 0.3) is 0 Å². The fraction of sp³-hybridized carbons (Fsp3) is 0.314. The van der Waals surface area contributed by atoms with Crippen LogP contribution in [0, 0.1) is 6.92 Å². The van der Waals surface area contributed by atoms with Crippen LogP contribution in [0.5, 0.6) is 0 Å². The van der Waals surface area contributed by atoms with Crippen LogP contribution in [-0.2, 0) is 12.0 Å². The third-order valence-electron chi connectivity index (χ3n) is 8.34. The van der Waals surface area contributed by atoms with Crippen molar-refractivity contribution in [3.63, 3.8) is 0 Å². The van der Waals surface area contributed by atoms with Crippen LogP contribution in [0.25, 0.3) is 16.5 Å². The number of nitrogens with one attached hydrogen (secondary N) is 3. The predicted molar refractivity (Wildman–Crippen MR) is 176 cm³/mol. The van der Waals surface area contributed by atoms with Crippen LogP contribution in [-0.4, -0.2) is 43.8 Å². The van der Waals surface area contributed by atoms with Crippen molar-refractivity contribution >= 4 is 28.3 Å². The Morgan fingerprint density at radius 3 is 2.45 bits per heavy atom. The second-order valence-corrected chi connectivity index (χ2v) is 12.7. The first-order valence-corrected chi connectivity index (χ1v) is 15.2. The number of benzene rings is 2. The standard InChI is InChI=1S/C35H39N7O2/c1-23-9-10-26(21-37-23)42-32(20-31(40-42)35(2,3)4)39-34(44)38-30-12-11-27(28-7-5-6-8-29(28)30)25-14-17-41(18-15-25)22-24-13-16-36-33(43)19-24/h5-13,16,19-21,25H,14-15,17-18,22H2,1-4H3,(H,36,43)(H2,38,39,44). The van der Waals surface area contributed by atoms with E-state index >= 15 is 0 Å². The van der Waals surface area contributed by atoms with Crippen LogP contribution in [0.3, 0.4) is 0 Å². The van der Waals surface area contributed by atoms with Crippen molar-refractivity contribution in [2.24, 2.45) is 0 Å². The number of aryl methyl sites for hydroxylation is 1. The molecular weight excluding hydrogens is 550 g/mol. The number of aromatic nitrogens is 4. The number of H-pyrrole nitrogens is 1. The van der Waals surface area contributed by atoms with Gasteiger partial charge in [0, 0.05) is 41.4 Å². The van der Waals surface area contributed by atoms with Crippen molar-refractivity contribution in [3.05, 3.63) is 112 Å². The van der Waals surface area contributed by atoms with Crippen LogP contribution in [0.2, 0.25) is 0 Å². The van der Waals surface area contributed by atoms with Crippen LogP contribution in [0.4, 0.5) is 16.3 Å². The molecule has 1 aliphatic rings. The van der Waals surface area contributed by atoms with Gasteiger partial charge in [0.05, 0.1) is 23.3 Å². The number of rotatable bonds is 6. The zero-order chi connectivity index (χ0) is 30.8. The van der Waals surface area contributed by atoms with E-state index in [4.69, 9.17) is 5.10 Å². The summed E-state index contributed by atoms with van der Waals surface area (Å²) >= 11 is 0. The average Bonchev–Trinajstić information content (AvgIpc) is 3.42. The van der Waals surface area contributed by atoms with Crippen LogP contribution >= 0.6 is 0 Å². The highest BCUT2D eigenvalue weighted by Gasteiger charge is 2.24. The molecule has 0 bridgehead atoms. The Kier molecular flexibility index (Phi) is 8.05. The molecule has 1 aliphatic heterocycles. The molecule has 0 radical (unpaired) electrons. The molecule has 0 saturated carbocycles. The van der Waals surface area contributed by atoms with Crippen molar-refractivity contribution in [3.8, 4) is 5.69 Å². The lowest BCUT2D eigenvalue weighted by Crippen LogP contribution is -2.32. The molecule has 0 unspecified atom stereocenters. The molecule has 9 nitrogen and oxygen atoms in total. The summed E-state index contributed by atoms with van der Waals surface area (Å²) in [5.74, 6) is 0.998. The van der Waals surface area contributed by atoms with Crippen molar-refractivity contribution in [2.45, 2.75) is 58.4 Å². The lowest BCUT2D eigenvalue weighted by Gasteiger charge is -2.32. The summed E-state index contributed by atoms with van der Waals surface area (Å²) < 4.78 is 1.73. The second-order valence-electron chi connectivity index (χ2n) is 12.7. The zero-order valence-corrected chi connectivity index (χ0v) is 25.7. The van der Waals surface area contributed by atoms with Crippen molar-refractivity contribution in [1.82, 2.24) is 24.6 Å². The molecule has 6 rings (SSSR count). The minimum atomic E-state index is -0.336. The molecule has 4 heterocycles. The maximum Gasteiger partial charge on any atom is 0.324 e. The van der Waals surface area contributed by atoms with Crippen molar-refractivity contribution in [1.29, 1.82) is 0 Å². The molecule has 1 fully saturated rings. The second kappa shape index (κ2) is 12.1. The number of hydrogen-bond acceptors (Lipinski definition) is 5. The quantitative estimate of drug-likeness (QED) is 0.203. The summed E-state index contributed by atoms with van der Waals surface area (Å²) in [6, 6.07) is 21.6. The molecule has 2 amide bonds. The minimum absolute atomic E-state index is 0.0601. The number of fused-ring (bicyclic) bond motifs is 1. The number of urea groups is 1. The Hall–Kier alpha value is -4.76. The van der Waals surface area contributed by atoms with E-state index in [0.29, 0.717) is 11.7 Å². The minimum Gasteiger partial charge on any atom is -0.329 e. The Labute approximate surface area is 257 Å². The smallest absolute Gasteiger partial charge is 0.324 e. The Bertz CT molecular complexity index is 1840. The van der Waals surface area contributed by atoms with E-state index in [0.717, 1.165) is 71.6 Å². The number of likely N-dealkylation sites (tertiary alicyclic amines) is 1. The van der Waals surface area contributed by atoms with Gasteiger partial charge in [0.2, 0.25) is 5.56 Å². The molecule has 0 aliphatic carbocycles. The Morgan fingerprint density at radius 1 is 0.977 bits per heavy atom. The lowest BCUT2D eigenvalue weighted by molar-refractivity contribution is 0.205. The zero-order valence-electron chi connectivity index (χ0n) is 25.7. The molecule has 0 atom stereocenters. The number of anilines is 2. The number of carbonyl (C=O) groups is 1. The highest BCUT2D eigenvalue weighted by Crippen LogP contribution is 2.36. The van der Waals surface area contributed by atoms with E-state index in [2.05, 4.69) is 70.5 Å². The van der Waals surface area contributed by atoms with Gasteiger partial charge in [0.15, 0.2) is 0 Å². The highest BCUT2D eigenvalue weighted by atomic mass is 16.2. The number of aromatic amines is 1. The summed E-state index contributed by atoms with van der Waals surface area (Å²) in [5.41, 5.74) is 5.41. The van der Waals surface area contributed by atoms with E-state index < -0.39 is 0 Å². The van der Waals surface area contributed by atoms with E-state index in [1.807, 2.05) is 43.3 Å². The first-order valence-electron chi connectivity index (χ1n) is 15.2. The third-order valence-corrected chi connectivity index (χ3v) is 8.34. The predicted octanol–water partition coefficient (Wildman–Crippen LogP) is 6.74. The van der Waals surface area contributed by atoms with Crippen LogP contribution < -0.4 is 16.2 Å². The molecule has 3 aromatic heterocycles. The van der Waals surface area contributed by atoms with Gasteiger partial charge < -0.3 is 10.3 Å². The van der Waals surface area contributed by atoms with Crippen molar-refractivity contribution < 1.29 is 4.79 Å². The van der Waals surface area contributed by atoms with Gasteiger partial charge in [-0.15, -0.1) is 0 Å². The van der Waals surface area contributed by atoms with Crippen LogP contribution in [0.1, 0.15) is 62.0 Å². The summed E-state index contributed by atoms with van der Waals surface area (Å²) in [6.07, 6.45) is 5.55. The van der Waals surface area contributed by atoms with Crippen LogP contribution in [0.15, 0.2) is 83.9 Å². The number of amides is 2. The summed E-state index contributed by atoms with van der Waals surface area (Å²) in [7, 11) is 0. The van der Waals surface area contributed by atoms with Gasteiger partial charge in [-0.1, -0.05) is 51.1 Å². The molecule has 0 spiro atoms. The Morgan fingerprint density at radius 2 is 1.75 bits per heavy atom. The number of carbonyl (C=O) groups excluding carboxylic acids is 1. The van der Waals surface area contributed by atoms with Gasteiger partial charge in [-0.05, 0) is 79.6 Å². The Balaban J connectivity index is 1.19. The first kappa shape index (κ1) is 29.3. The molecule has 9 heteroatoms. The molecule has 2 aromatic carbocycles. The molecule has 1 saturated heterocycles. The van der Waals surface area contributed by atoms with Crippen molar-refractivity contribution in [2.75, 3.05) is 23.7 Å². The lowest BCUT2D eigenvalue weighted by atomic mass is 9.86. The van der Waals surface area contributed by atoms with Gasteiger partial charge in [-0.3, -0.25) is 20.0 Å². The average molecular weight is 590 g/mol. The third kappa shape index (κ3) is 6.43. The maximum absolute atomic E-state index is 13.4. The summed E-state index contributed by atoms with van der Waals surface area (Å²) in [5, 5.41) is 13.1. The molecule has 44 heavy (non-hydrogen) atoms. The largest absolute Gasteiger partial charge is 0.329 e. The summed E-state index contributed by atoms with van der Waals surface area (Å²) in [4.78, 5) is 34.6. The van der Waals surface area contributed by atoms with E-state index in [1.54, 1.807) is 23.1 Å². The molecule has 3 N–H and O–H groups in total. The number of pyridine rings is 2. The molecular formula is C35H39N7O2. The van der Waals surface area contributed by atoms with Gasteiger partial charge in [0.1, 0.15) is 5.82 Å². The fourth-order valence-corrected chi connectivity index (χ4v) is 5.92.